The van der Waals surface area contributed by atoms with Crippen LogP contribution < -0.4 is 10.1 Å². The maximum atomic E-state index is 6.47. The number of benzene rings is 1. The van der Waals surface area contributed by atoms with Crippen molar-refractivity contribution in [3.63, 3.8) is 0 Å². The average Bonchev–Trinajstić information content (AvgIpc) is 2.48. The van der Waals surface area contributed by atoms with Crippen LogP contribution in [-0.2, 0) is 0 Å². The van der Waals surface area contributed by atoms with Crippen LogP contribution in [0.15, 0.2) is 12.1 Å². The minimum atomic E-state index is 0.248. The van der Waals surface area contributed by atoms with Gasteiger partial charge in [-0.3, -0.25) is 0 Å². The van der Waals surface area contributed by atoms with Crippen LogP contribution >= 0.6 is 0 Å². The minimum absolute atomic E-state index is 0.248. The quantitative estimate of drug-likeness (QED) is 0.829. The molecule has 1 fully saturated rings. The fourth-order valence-corrected chi connectivity index (χ4v) is 3.36. The molecule has 1 aromatic carbocycles. The third-order valence-corrected chi connectivity index (χ3v) is 5.52. The van der Waals surface area contributed by atoms with Crippen LogP contribution in [0.25, 0.3) is 0 Å². The second-order valence-corrected chi connectivity index (χ2v) is 6.86. The van der Waals surface area contributed by atoms with Crippen LogP contribution in [0, 0.1) is 26.2 Å². The Bertz CT molecular complexity index is 497. The molecule has 0 spiro atoms. The Balaban J connectivity index is 2.13. The van der Waals surface area contributed by atoms with Crippen molar-refractivity contribution in [3.8, 4) is 5.75 Å². The van der Waals surface area contributed by atoms with Gasteiger partial charge in [0.2, 0.25) is 0 Å². The molecule has 1 aliphatic rings. The van der Waals surface area contributed by atoms with Gasteiger partial charge in [-0.25, -0.2) is 0 Å². The molecular weight excluding hydrogens is 258 g/mol. The van der Waals surface area contributed by atoms with E-state index in [1.165, 1.54) is 23.1 Å². The number of aryl methyl sites for hydroxylation is 2. The summed E-state index contributed by atoms with van der Waals surface area (Å²) < 4.78 is 6.47. The third kappa shape index (κ3) is 2.96. The van der Waals surface area contributed by atoms with Crippen molar-refractivity contribution in [2.45, 2.75) is 73.0 Å². The number of hydrogen-bond acceptors (Lipinski definition) is 2. The Morgan fingerprint density at radius 2 is 1.86 bits per heavy atom. The van der Waals surface area contributed by atoms with Gasteiger partial charge >= 0.3 is 0 Å². The lowest BCUT2D eigenvalue weighted by atomic mass is 9.61. The van der Waals surface area contributed by atoms with Crippen molar-refractivity contribution in [2.75, 3.05) is 6.54 Å². The van der Waals surface area contributed by atoms with E-state index in [-0.39, 0.29) is 5.41 Å². The third-order valence-electron chi connectivity index (χ3n) is 5.52. The van der Waals surface area contributed by atoms with Crippen molar-refractivity contribution in [1.29, 1.82) is 0 Å². The molecule has 3 unspecified atom stereocenters. The second kappa shape index (κ2) is 6.39. The molecule has 0 saturated heterocycles. The molecule has 1 aliphatic carbocycles. The predicted molar refractivity (Wildman–Crippen MR) is 90.2 cm³/mol. The topological polar surface area (TPSA) is 21.3 Å². The number of rotatable bonds is 6. The zero-order valence-corrected chi connectivity index (χ0v) is 14.5. The maximum absolute atomic E-state index is 6.47. The summed E-state index contributed by atoms with van der Waals surface area (Å²) >= 11 is 0. The van der Waals surface area contributed by atoms with E-state index in [4.69, 9.17) is 4.74 Å². The van der Waals surface area contributed by atoms with E-state index in [2.05, 4.69) is 59.0 Å². The molecular formula is C19H31NO. The summed E-state index contributed by atoms with van der Waals surface area (Å²) in [6.45, 7) is 14.5. The first-order chi connectivity index (χ1) is 9.93. The highest BCUT2D eigenvalue weighted by Crippen LogP contribution is 2.47. The molecule has 118 valence electrons. The average molecular weight is 289 g/mol. The lowest BCUT2D eigenvalue weighted by Gasteiger charge is -2.54. The maximum Gasteiger partial charge on any atom is 0.125 e. The lowest BCUT2D eigenvalue weighted by molar-refractivity contribution is -0.0707. The molecule has 21 heavy (non-hydrogen) atoms. The van der Waals surface area contributed by atoms with E-state index < -0.39 is 0 Å². The molecule has 0 bridgehead atoms. The van der Waals surface area contributed by atoms with Gasteiger partial charge in [-0.2, -0.15) is 0 Å². The Morgan fingerprint density at radius 1 is 1.19 bits per heavy atom. The van der Waals surface area contributed by atoms with Gasteiger partial charge in [-0.1, -0.05) is 32.9 Å². The SMILES string of the molecule is CCCNC1CC(Oc2c(C)ccc(C)c2C)C1(C)CC. The van der Waals surface area contributed by atoms with Crippen LogP contribution in [0.4, 0.5) is 0 Å². The molecule has 0 radical (unpaired) electrons. The Kier molecular flexibility index (Phi) is 4.98. The molecule has 0 heterocycles. The highest BCUT2D eigenvalue weighted by Gasteiger charge is 2.51. The molecule has 1 N–H and O–H groups in total. The van der Waals surface area contributed by atoms with Gasteiger partial charge in [-0.15, -0.1) is 0 Å². The lowest BCUT2D eigenvalue weighted by Crippen LogP contribution is -2.63. The zero-order chi connectivity index (χ0) is 15.6. The van der Waals surface area contributed by atoms with E-state index >= 15 is 0 Å². The monoisotopic (exact) mass is 289 g/mol. The molecule has 1 aromatic rings. The Labute approximate surface area is 130 Å². The van der Waals surface area contributed by atoms with Gasteiger partial charge in [-0.05, 0) is 56.8 Å². The summed E-state index contributed by atoms with van der Waals surface area (Å²) in [5.74, 6) is 1.11. The number of ether oxygens (including phenoxy) is 1. The van der Waals surface area contributed by atoms with E-state index in [0.29, 0.717) is 12.1 Å². The fraction of sp³-hybridized carbons (Fsp3) is 0.684. The molecule has 2 nitrogen and oxygen atoms in total. The number of hydrogen-bond donors (Lipinski definition) is 1. The Hall–Kier alpha value is -1.02. The standard InChI is InChI=1S/C19H31NO/c1-7-11-20-16-12-17(19(16,6)8-2)21-18-14(4)10-9-13(3)15(18)5/h9-10,16-17,20H,7-8,11-12H2,1-6H3. The van der Waals surface area contributed by atoms with Gasteiger partial charge in [0, 0.05) is 17.9 Å². The van der Waals surface area contributed by atoms with Gasteiger partial charge in [0.05, 0.1) is 0 Å². The summed E-state index contributed by atoms with van der Waals surface area (Å²) in [6, 6.07) is 4.95. The molecule has 0 aromatic heterocycles. The normalized spacial score (nSPS) is 28.3. The highest BCUT2D eigenvalue weighted by molar-refractivity contribution is 5.45. The highest BCUT2D eigenvalue weighted by atomic mass is 16.5. The largest absolute Gasteiger partial charge is 0.489 e. The summed E-state index contributed by atoms with van der Waals surface area (Å²) in [4.78, 5) is 0. The second-order valence-electron chi connectivity index (χ2n) is 6.86. The minimum Gasteiger partial charge on any atom is -0.489 e. The predicted octanol–water partition coefficient (Wildman–Crippen LogP) is 4.55. The summed E-state index contributed by atoms with van der Waals surface area (Å²) in [7, 11) is 0. The summed E-state index contributed by atoms with van der Waals surface area (Å²) in [5, 5.41) is 3.69. The van der Waals surface area contributed by atoms with Crippen molar-refractivity contribution < 1.29 is 4.74 Å². The summed E-state index contributed by atoms with van der Waals surface area (Å²) in [6.07, 6.45) is 3.80. The van der Waals surface area contributed by atoms with Crippen molar-refractivity contribution in [1.82, 2.24) is 5.32 Å². The first-order valence-electron chi connectivity index (χ1n) is 8.40. The number of nitrogens with one attached hydrogen (secondary N) is 1. The first kappa shape index (κ1) is 16.4. The van der Waals surface area contributed by atoms with Gasteiger partial charge in [0.25, 0.3) is 0 Å². The van der Waals surface area contributed by atoms with Gasteiger partial charge in [0.15, 0.2) is 0 Å². The van der Waals surface area contributed by atoms with Crippen molar-refractivity contribution in [3.05, 3.63) is 28.8 Å². The van der Waals surface area contributed by atoms with Crippen LogP contribution in [0.2, 0.25) is 0 Å². The molecule has 3 atom stereocenters. The van der Waals surface area contributed by atoms with Crippen LogP contribution in [-0.4, -0.2) is 18.7 Å². The van der Waals surface area contributed by atoms with Crippen LogP contribution in [0.5, 0.6) is 5.75 Å². The van der Waals surface area contributed by atoms with Gasteiger partial charge in [0.1, 0.15) is 11.9 Å². The van der Waals surface area contributed by atoms with Crippen LogP contribution in [0.1, 0.15) is 56.7 Å². The molecule has 2 rings (SSSR count). The smallest absolute Gasteiger partial charge is 0.125 e. The fourth-order valence-electron chi connectivity index (χ4n) is 3.36. The Morgan fingerprint density at radius 3 is 2.48 bits per heavy atom. The first-order valence-corrected chi connectivity index (χ1v) is 8.40. The van der Waals surface area contributed by atoms with Crippen molar-refractivity contribution in [2.24, 2.45) is 5.41 Å². The molecule has 0 amide bonds. The molecule has 1 saturated carbocycles. The van der Waals surface area contributed by atoms with Crippen molar-refractivity contribution >= 4 is 0 Å². The van der Waals surface area contributed by atoms with E-state index in [1.54, 1.807) is 0 Å². The zero-order valence-electron chi connectivity index (χ0n) is 14.5. The van der Waals surface area contributed by atoms with E-state index in [0.717, 1.165) is 25.1 Å². The summed E-state index contributed by atoms with van der Waals surface area (Å²) in [5.41, 5.74) is 4.10. The van der Waals surface area contributed by atoms with Crippen LogP contribution in [0.3, 0.4) is 0 Å². The molecule has 2 heteroatoms. The van der Waals surface area contributed by atoms with E-state index in [1.807, 2.05) is 0 Å². The van der Waals surface area contributed by atoms with Gasteiger partial charge < -0.3 is 10.1 Å². The van der Waals surface area contributed by atoms with E-state index in [9.17, 15) is 0 Å². The molecule has 0 aliphatic heterocycles.